The predicted molar refractivity (Wildman–Crippen MR) is 132 cm³/mol. The number of amides is 2. The van der Waals surface area contributed by atoms with Gasteiger partial charge in [-0.15, -0.1) is 11.8 Å². The standard InChI is InChI=1S/C26H23FN2O5S/c1-32-21-12-17(13-22(33-2)24(21)34-3)29-23(30)15-35-26(29)18-9-5-7-11-20(18)28(25(26)31)14-16-8-4-6-10-19(16)27/h4-13H,14-15H2,1-3H3. The van der Waals surface area contributed by atoms with Crippen LogP contribution in [0.15, 0.2) is 60.7 Å². The Balaban J connectivity index is 1.67. The maximum Gasteiger partial charge on any atom is 0.269 e. The molecule has 2 heterocycles. The van der Waals surface area contributed by atoms with Gasteiger partial charge in [-0.1, -0.05) is 36.4 Å². The van der Waals surface area contributed by atoms with Crippen molar-refractivity contribution in [1.82, 2.24) is 0 Å². The summed E-state index contributed by atoms with van der Waals surface area (Å²) >= 11 is 1.25. The van der Waals surface area contributed by atoms with Crippen molar-refractivity contribution in [1.29, 1.82) is 0 Å². The van der Waals surface area contributed by atoms with Crippen LogP contribution in [-0.4, -0.2) is 38.9 Å². The first kappa shape index (κ1) is 23.0. The summed E-state index contributed by atoms with van der Waals surface area (Å²) in [5.74, 6) is 0.269. The maximum atomic E-state index is 14.5. The number of fused-ring (bicyclic) bond motifs is 2. The molecule has 1 fully saturated rings. The van der Waals surface area contributed by atoms with Gasteiger partial charge in [-0.2, -0.15) is 0 Å². The average molecular weight is 495 g/mol. The van der Waals surface area contributed by atoms with E-state index >= 15 is 0 Å². The largest absolute Gasteiger partial charge is 0.493 e. The van der Waals surface area contributed by atoms with Crippen LogP contribution < -0.4 is 24.0 Å². The van der Waals surface area contributed by atoms with Gasteiger partial charge >= 0.3 is 0 Å². The van der Waals surface area contributed by atoms with Crippen molar-refractivity contribution in [3.05, 3.63) is 77.6 Å². The van der Waals surface area contributed by atoms with E-state index < -0.39 is 10.7 Å². The molecule has 3 aromatic carbocycles. The number of thioether (sulfide) groups is 1. The second kappa shape index (κ2) is 8.81. The second-order valence-electron chi connectivity index (χ2n) is 8.05. The summed E-state index contributed by atoms with van der Waals surface area (Å²) < 4.78 is 30.9. The minimum Gasteiger partial charge on any atom is -0.493 e. The first-order valence-electron chi connectivity index (χ1n) is 10.9. The highest BCUT2D eigenvalue weighted by atomic mass is 32.2. The zero-order valence-electron chi connectivity index (χ0n) is 19.4. The Bertz CT molecular complexity index is 1310. The highest BCUT2D eigenvalue weighted by Gasteiger charge is 2.61. The van der Waals surface area contributed by atoms with Gasteiger partial charge in [-0.05, 0) is 12.1 Å². The van der Waals surface area contributed by atoms with Crippen LogP contribution >= 0.6 is 11.8 Å². The zero-order valence-corrected chi connectivity index (χ0v) is 20.2. The fourth-order valence-electron chi connectivity index (χ4n) is 4.71. The lowest BCUT2D eigenvalue weighted by Crippen LogP contribution is -2.49. The molecule has 0 aliphatic carbocycles. The minimum absolute atomic E-state index is 0.0438. The van der Waals surface area contributed by atoms with Gasteiger partial charge in [0.25, 0.3) is 5.91 Å². The summed E-state index contributed by atoms with van der Waals surface area (Å²) in [5, 5.41) is 0. The third-order valence-corrected chi connectivity index (χ3v) is 7.64. The molecule has 1 spiro atoms. The van der Waals surface area contributed by atoms with Gasteiger partial charge in [0.2, 0.25) is 16.5 Å². The lowest BCUT2D eigenvalue weighted by molar-refractivity contribution is -0.123. The zero-order chi connectivity index (χ0) is 24.7. The van der Waals surface area contributed by atoms with Crippen molar-refractivity contribution in [3.8, 4) is 17.2 Å². The summed E-state index contributed by atoms with van der Waals surface area (Å²) in [6, 6.07) is 17.0. The fourth-order valence-corrected chi connectivity index (χ4v) is 6.07. The second-order valence-corrected chi connectivity index (χ2v) is 9.21. The monoisotopic (exact) mass is 494 g/mol. The van der Waals surface area contributed by atoms with Crippen molar-refractivity contribution in [3.63, 3.8) is 0 Å². The molecule has 0 radical (unpaired) electrons. The molecule has 1 atom stereocenters. The molecule has 2 amide bonds. The topological polar surface area (TPSA) is 68.3 Å². The van der Waals surface area contributed by atoms with E-state index in [-0.39, 0.29) is 24.1 Å². The summed E-state index contributed by atoms with van der Waals surface area (Å²) in [6.07, 6.45) is 0. The molecule has 0 aromatic heterocycles. The molecule has 5 rings (SSSR count). The van der Waals surface area contributed by atoms with Gasteiger partial charge in [-0.25, -0.2) is 4.39 Å². The van der Waals surface area contributed by atoms with Crippen molar-refractivity contribution in [2.24, 2.45) is 0 Å². The van der Waals surface area contributed by atoms with Crippen LogP contribution in [0.5, 0.6) is 17.2 Å². The average Bonchev–Trinajstić information content (AvgIpc) is 3.35. The number of nitrogens with zero attached hydrogens (tertiary/aromatic N) is 2. The number of hydrogen-bond donors (Lipinski definition) is 0. The van der Waals surface area contributed by atoms with E-state index in [9.17, 15) is 14.0 Å². The van der Waals surface area contributed by atoms with Gasteiger partial charge in [0, 0.05) is 23.3 Å². The molecular formula is C26H23FN2O5S. The van der Waals surface area contributed by atoms with Crippen molar-refractivity contribution < 1.29 is 28.2 Å². The molecule has 180 valence electrons. The molecule has 0 bridgehead atoms. The number of anilines is 2. The van der Waals surface area contributed by atoms with Crippen LogP contribution in [0.3, 0.4) is 0 Å². The normalized spacial score (nSPS) is 18.9. The maximum absolute atomic E-state index is 14.5. The molecule has 0 saturated carbocycles. The Morgan fingerprint density at radius 2 is 1.60 bits per heavy atom. The number of rotatable bonds is 6. The van der Waals surface area contributed by atoms with Crippen LogP contribution in [0, 0.1) is 5.82 Å². The lowest BCUT2D eigenvalue weighted by Gasteiger charge is -2.33. The van der Waals surface area contributed by atoms with Gasteiger partial charge in [0.15, 0.2) is 11.5 Å². The van der Waals surface area contributed by atoms with Gasteiger partial charge in [0.05, 0.1) is 45.0 Å². The minimum atomic E-state index is -1.34. The van der Waals surface area contributed by atoms with E-state index in [2.05, 4.69) is 0 Å². The molecule has 7 nitrogen and oxygen atoms in total. The SMILES string of the molecule is COc1cc(N2C(=O)CSC23C(=O)N(Cc2ccccc2F)c2ccccc23)cc(OC)c1OC. The molecule has 9 heteroatoms. The van der Waals surface area contributed by atoms with Gasteiger partial charge < -0.3 is 19.1 Å². The van der Waals surface area contributed by atoms with E-state index in [1.165, 1.54) is 44.1 Å². The Labute approximate surface area is 206 Å². The van der Waals surface area contributed by atoms with Crippen molar-refractivity contribution >= 4 is 35.0 Å². The number of carbonyl (C=O) groups is 2. The Hall–Kier alpha value is -3.72. The predicted octanol–water partition coefficient (Wildman–Crippen LogP) is 4.33. The third kappa shape index (κ3) is 3.41. The van der Waals surface area contributed by atoms with Crippen LogP contribution in [0.4, 0.5) is 15.8 Å². The van der Waals surface area contributed by atoms with E-state index in [1.54, 1.807) is 35.2 Å². The lowest BCUT2D eigenvalue weighted by atomic mass is 10.0. The first-order valence-corrected chi connectivity index (χ1v) is 11.9. The van der Waals surface area contributed by atoms with Crippen LogP contribution in [0.1, 0.15) is 11.1 Å². The molecular weight excluding hydrogens is 471 g/mol. The van der Waals surface area contributed by atoms with Gasteiger partial charge in [0.1, 0.15) is 5.82 Å². The molecule has 2 aliphatic heterocycles. The third-order valence-electron chi connectivity index (χ3n) is 6.26. The highest BCUT2D eigenvalue weighted by molar-refractivity contribution is 8.02. The number of ether oxygens (including phenoxy) is 3. The molecule has 1 saturated heterocycles. The number of carbonyl (C=O) groups excluding carboxylic acids is 2. The molecule has 3 aromatic rings. The van der Waals surface area contributed by atoms with Crippen molar-refractivity contribution in [2.45, 2.75) is 11.4 Å². The smallest absolute Gasteiger partial charge is 0.269 e. The molecule has 35 heavy (non-hydrogen) atoms. The van der Waals surface area contributed by atoms with Crippen LogP contribution in [0.25, 0.3) is 0 Å². The van der Waals surface area contributed by atoms with Crippen molar-refractivity contribution in [2.75, 3.05) is 36.9 Å². The van der Waals surface area contributed by atoms with E-state index in [4.69, 9.17) is 14.2 Å². The number of hydrogen-bond acceptors (Lipinski definition) is 6. The summed E-state index contributed by atoms with van der Waals surface area (Å²) in [4.78, 5) is 29.2. The van der Waals surface area contributed by atoms with E-state index in [0.29, 0.717) is 39.8 Å². The molecule has 2 aliphatic rings. The number of halogens is 1. The Morgan fingerprint density at radius 3 is 2.26 bits per heavy atom. The van der Waals surface area contributed by atoms with E-state index in [0.717, 1.165) is 0 Å². The van der Waals surface area contributed by atoms with Crippen LogP contribution in [0.2, 0.25) is 0 Å². The Morgan fingerprint density at radius 1 is 0.943 bits per heavy atom. The number of methoxy groups -OCH3 is 3. The Kier molecular flexibility index (Phi) is 5.80. The number of benzene rings is 3. The summed E-state index contributed by atoms with van der Waals surface area (Å²) in [5.41, 5.74) is 2.14. The quantitative estimate of drug-likeness (QED) is 0.508. The number of para-hydroxylation sites is 1. The van der Waals surface area contributed by atoms with Gasteiger partial charge in [-0.3, -0.25) is 14.5 Å². The highest BCUT2D eigenvalue weighted by Crippen LogP contribution is 2.57. The molecule has 0 N–H and O–H groups in total. The first-order chi connectivity index (χ1) is 17.0. The van der Waals surface area contributed by atoms with E-state index in [1.807, 2.05) is 24.3 Å². The van der Waals surface area contributed by atoms with Crippen LogP contribution in [-0.2, 0) is 21.0 Å². The molecule has 1 unspecified atom stereocenters. The summed E-state index contributed by atoms with van der Waals surface area (Å²) in [7, 11) is 4.48. The summed E-state index contributed by atoms with van der Waals surface area (Å²) in [6.45, 7) is 0.0438. The fraction of sp³-hybridized carbons (Fsp3) is 0.231.